The molecule has 0 aliphatic rings. The Labute approximate surface area is 133 Å². The first-order valence-electron chi connectivity index (χ1n) is 3.80. The average molecular weight is 518 g/mol. The molecule has 0 fully saturated rings. The lowest BCUT2D eigenvalue weighted by atomic mass is 10.4. The molecule has 1 rings (SSSR count). The fourth-order valence-electron chi connectivity index (χ4n) is 0.922. The van der Waals surface area contributed by atoms with Crippen LogP contribution in [0, 0.1) is 20.2 Å². The smallest absolute Gasteiger partial charge is 0.263 e. The number of rotatable bonds is 4. The Balaban J connectivity index is 3.25. The maximum atomic E-state index is 10.7. The highest BCUT2D eigenvalue weighted by atomic mass is 79.9. The third-order valence-corrected chi connectivity index (χ3v) is 7.84. The molecule has 1 aromatic heterocycles. The highest BCUT2D eigenvalue weighted by Gasteiger charge is 2.32. The van der Waals surface area contributed by atoms with E-state index < -0.39 is 19.7 Å². The Bertz CT molecular complexity index is 438. The minimum Gasteiger partial charge on any atom is -0.263 e. The molecule has 2 unspecified atom stereocenters. The van der Waals surface area contributed by atoms with Crippen molar-refractivity contribution in [1.29, 1.82) is 0 Å². The Hall–Kier alpha value is 0.420. The van der Waals surface area contributed by atoms with Crippen LogP contribution in [0.25, 0.3) is 0 Å². The van der Waals surface area contributed by atoms with Gasteiger partial charge >= 0.3 is 9.90 Å². The first-order valence-corrected chi connectivity index (χ1v) is 8.03. The average Bonchev–Trinajstić information content (AvgIpc) is 2.54. The molecule has 0 spiro atoms. The van der Waals surface area contributed by atoms with Gasteiger partial charge in [-0.2, -0.15) is 0 Å². The van der Waals surface area contributed by atoms with Gasteiger partial charge in [0, 0.05) is 41.7 Å². The number of nitro groups is 2. The van der Waals surface area contributed by atoms with E-state index in [1.54, 1.807) is 0 Å². The fraction of sp³-hybridized carbons (Fsp3) is 0.333. The summed E-state index contributed by atoms with van der Waals surface area (Å²) in [6, 6.07) is 0. The highest BCUT2D eigenvalue weighted by molar-refractivity contribution is 9.13. The predicted molar refractivity (Wildman–Crippen MR) is 77.0 cm³/mol. The van der Waals surface area contributed by atoms with Gasteiger partial charge in [-0.1, -0.05) is 0 Å². The van der Waals surface area contributed by atoms with Crippen LogP contribution in [0.5, 0.6) is 0 Å². The summed E-state index contributed by atoms with van der Waals surface area (Å²) >= 11 is 13.2. The summed E-state index contributed by atoms with van der Waals surface area (Å²) < 4.78 is 0.893. The van der Waals surface area contributed by atoms with E-state index in [4.69, 9.17) is 0 Å². The van der Waals surface area contributed by atoms with Crippen LogP contribution in [0.2, 0.25) is 0 Å². The number of alkyl halides is 2. The third-order valence-electron chi connectivity index (χ3n) is 1.65. The topological polar surface area (TPSA) is 86.3 Å². The van der Waals surface area contributed by atoms with Gasteiger partial charge in [-0.25, -0.2) is 0 Å². The maximum Gasteiger partial charge on any atom is 0.301 e. The van der Waals surface area contributed by atoms with E-state index in [0.717, 1.165) is 11.3 Å². The van der Waals surface area contributed by atoms with Crippen molar-refractivity contribution >= 4 is 75.1 Å². The van der Waals surface area contributed by atoms with Crippen molar-refractivity contribution in [3.63, 3.8) is 0 Å². The first kappa shape index (κ1) is 15.5. The normalized spacial score (nSPS) is 14.4. The second kappa shape index (κ2) is 6.04. The number of nitrogens with zero attached hydrogens (tertiary/aromatic N) is 2. The van der Waals surface area contributed by atoms with Gasteiger partial charge in [0.25, 0.3) is 0 Å². The van der Waals surface area contributed by atoms with Crippen molar-refractivity contribution in [1.82, 2.24) is 0 Å². The van der Waals surface area contributed by atoms with E-state index in [-0.39, 0.29) is 0 Å². The van der Waals surface area contributed by atoms with Gasteiger partial charge in [0.15, 0.2) is 0 Å². The Morgan fingerprint density at radius 1 is 0.941 bits per heavy atom. The van der Waals surface area contributed by atoms with Gasteiger partial charge in [0.1, 0.15) is 9.75 Å². The second-order valence-corrected chi connectivity index (χ2v) is 7.11. The maximum absolute atomic E-state index is 10.7. The van der Waals surface area contributed by atoms with E-state index in [9.17, 15) is 20.2 Å². The van der Waals surface area contributed by atoms with Gasteiger partial charge in [-0.05, 0) is 31.9 Å². The van der Waals surface area contributed by atoms with E-state index in [2.05, 4.69) is 63.7 Å². The summed E-state index contributed by atoms with van der Waals surface area (Å²) in [5, 5.41) is 21.3. The number of hydrogen-bond donors (Lipinski definition) is 0. The molecule has 0 aliphatic carbocycles. The molecule has 0 aliphatic heterocycles. The SMILES string of the molecule is O=[N+]([O-])C(Br)c1sc(C(Br)[N+](=O)[O-])c(Br)c1Br. The van der Waals surface area contributed by atoms with Crippen LogP contribution in [0.1, 0.15) is 19.7 Å². The third kappa shape index (κ3) is 3.25. The minimum atomic E-state index is -1.10. The first-order chi connectivity index (χ1) is 7.77. The fourth-order valence-corrected chi connectivity index (χ4v) is 5.15. The lowest BCUT2D eigenvalue weighted by Crippen LogP contribution is -2.01. The molecule has 2 atom stereocenters. The quantitative estimate of drug-likeness (QED) is 0.253. The highest BCUT2D eigenvalue weighted by Crippen LogP contribution is 2.47. The van der Waals surface area contributed by atoms with Crippen LogP contribution in [-0.2, 0) is 0 Å². The molecule has 0 saturated heterocycles. The lowest BCUT2D eigenvalue weighted by Gasteiger charge is -1.98. The molecule has 1 heterocycles. The summed E-state index contributed by atoms with van der Waals surface area (Å²) in [6.45, 7) is 0. The van der Waals surface area contributed by atoms with Gasteiger partial charge in [0.05, 0.1) is 8.95 Å². The summed E-state index contributed by atoms with van der Waals surface area (Å²) in [4.78, 5) is 18.8. The van der Waals surface area contributed by atoms with E-state index in [1.807, 2.05) is 0 Å². The minimum absolute atomic E-state index is 0.364. The largest absolute Gasteiger partial charge is 0.301 e. The number of thiophene rings is 1. The zero-order chi connectivity index (χ0) is 13.3. The van der Waals surface area contributed by atoms with Gasteiger partial charge in [-0.15, -0.1) is 11.3 Å². The standard InChI is InChI=1S/C6H2Br4N2O4S/c7-1-2(8)4(6(10)12(15)16)17-3(1)5(9)11(13)14/h5-6H. The van der Waals surface area contributed by atoms with Crippen molar-refractivity contribution in [2.24, 2.45) is 0 Å². The Morgan fingerprint density at radius 2 is 1.24 bits per heavy atom. The van der Waals surface area contributed by atoms with E-state index in [0.29, 0.717) is 18.7 Å². The van der Waals surface area contributed by atoms with E-state index >= 15 is 0 Å². The van der Waals surface area contributed by atoms with Crippen molar-refractivity contribution in [2.75, 3.05) is 0 Å². The molecular formula is C6H2Br4N2O4S. The summed E-state index contributed by atoms with van der Waals surface area (Å²) in [5.41, 5.74) is 0. The molecule has 94 valence electrons. The Morgan fingerprint density at radius 3 is 1.47 bits per heavy atom. The molecule has 17 heavy (non-hydrogen) atoms. The Kier molecular flexibility index (Phi) is 5.50. The van der Waals surface area contributed by atoms with E-state index in [1.165, 1.54) is 0 Å². The molecule has 6 nitrogen and oxygen atoms in total. The molecule has 0 radical (unpaired) electrons. The molecule has 0 bridgehead atoms. The zero-order valence-electron chi connectivity index (χ0n) is 7.60. The van der Waals surface area contributed by atoms with Gasteiger partial charge in [-0.3, -0.25) is 20.2 Å². The van der Waals surface area contributed by atoms with Gasteiger partial charge < -0.3 is 0 Å². The summed E-state index contributed by atoms with van der Waals surface area (Å²) in [7, 11) is 0. The molecule has 11 heteroatoms. The zero-order valence-corrected chi connectivity index (χ0v) is 14.8. The molecule has 0 amide bonds. The van der Waals surface area contributed by atoms with Crippen LogP contribution in [-0.4, -0.2) is 9.85 Å². The summed E-state index contributed by atoms with van der Waals surface area (Å²) in [5.74, 6) is 0. The summed E-state index contributed by atoms with van der Waals surface area (Å²) in [6.07, 6.45) is 0. The van der Waals surface area contributed by atoms with Crippen molar-refractivity contribution < 1.29 is 9.85 Å². The van der Waals surface area contributed by atoms with Crippen LogP contribution in [0.15, 0.2) is 8.95 Å². The van der Waals surface area contributed by atoms with Crippen LogP contribution in [0.4, 0.5) is 0 Å². The van der Waals surface area contributed by atoms with Crippen LogP contribution >= 0.6 is 75.1 Å². The molecular weight excluding hydrogens is 516 g/mol. The number of halogens is 4. The lowest BCUT2D eigenvalue weighted by molar-refractivity contribution is -0.497. The monoisotopic (exact) mass is 514 g/mol. The second-order valence-electron chi connectivity index (χ2n) is 2.70. The number of hydrogen-bond acceptors (Lipinski definition) is 5. The van der Waals surface area contributed by atoms with Crippen molar-refractivity contribution in [3.05, 3.63) is 38.9 Å². The molecule has 1 aromatic rings. The molecule has 0 N–H and O–H groups in total. The van der Waals surface area contributed by atoms with Crippen LogP contribution < -0.4 is 0 Å². The molecule has 0 saturated carbocycles. The van der Waals surface area contributed by atoms with Crippen molar-refractivity contribution in [3.8, 4) is 0 Å². The predicted octanol–water partition coefficient (Wildman–Crippen LogP) is 4.61. The van der Waals surface area contributed by atoms with Crippen LogP contribution in [0.3, 0.4) is 0 Å². The molecule has 0 aromatic carbocycles. The van der Waals surface area contributed by atoms with Gasteiger partial charge in [0.2, 0.25) is 0 Å². The van der Waals surface area contributed by atoms with Crippen molar-refractivity contribution in [2.45, 2.75) is 9.90 Å².